The van der Waals surface area contributed by atoms with Crippen molar-refractivity contribution in [1.29, 1.82) is 0 Å². The van der Waals surface area contributed by atoms with Crippen LogP contribution >= 0.6 is 0 Å². The predicted octanol–water partition coefficient (Wildman–Crippen LogP) is 4.74. The second-order valence-electron chi connectivity index (χ2n) is 6.34. The van der Waals surface area contributed by atoms with E-state index in [0.717, 1.165) is 30.5 Å². The van der Waals surface area contributed by atoms with Gasteiger partial charge in [0, 0.05) is 29.6 Å². The number of nitrogens with zero attached hydrogens (tertiary/aromatic N) is 2. The molecule has 0 spiro atoms. The van der Waals surface area contributed by atoms with E-state index in [0.29, 0.717) is 17.3 Å². The van der Waals surface area contributed by atoms with Crippen molar-refractivity contribution in [2.45, 2.75) is 44.3 Å². The fraction of sp³-hybridized carbons (Fsp3) is 0.444. The van der Waals surface area contributed by atoms with Crippen molar-refractivity contribution in [2.75, 3.05) is 0 Å². The molecule has 0 aliphatic heterocycles. The van der Waals surface area contributed by atoms with Gasteiger partial charge in [0.2, 0.25) is 0 Å². The Hall–Kier alpha value is -1.95. The highest BCUT2D eigenvalue weighted by molar-refractivity contribution is 5.55. The number of nitrogens with two attached hydrogens (primary N) is 1. The number of alkyl halides is 3. The summed E-state index contributed by atoms with van der Waals surface area (Å²) in [5.41, 5.74) is 7.09. The number of halogens is 3. The van der Waals surface area contributed by atoms with E-state index in [-0.39, 0.29) is 6.04 Å². The third-order valence-corrected chi connectivity index (χ3v) is 4.68. The summed E-state index contributed by atoms with van der Waals surface area (Å²) in [7, 11) is 0. The molecule has 0 radical (unpaired) electrons. The normalized spacial score (nSPS) is 17.7. The first-order chi connectivity index (χ1) is 11.4. The number of hydrogen-bond donors (Lipinski definition) is 1. The molecule has 1 aromatic carbocycles. The van der Waals surface area contributed by atoms with Crippen LogP contribution in [-0.2, 0) is 6.18 Å². The van der Waals surface area contributed by atoms with Crippen molar-refractivity contribution in [2.24, 2.45) is 11.7 Å². The molecule has 6 heteroatoms. The molecule has 1 unspecified atom stereocenters. The average Bonchev–Trinajstić information content (AvgIpc) is 2.61. The Morgan fingerprint density at radius 2 is 1.54 bits per heavy atom. The van der Waals surface area contributed by atoms with E-state index in [9.17, 15) is 13.2 Å². The van der Waals surface area contributed by atoms with Crippen molar-refractivity contribution in [3.8, 4) is 11.4 Å². The van der Waals surface area contributed by atoms with Crippen molar-refractivity contribution in [3.63, 3.8) is 0 Å². The molecule has 1 saturated carbocycles. The van der Waals surface area contributed by atoms with E-state index in [1.54, 1.807) is 12.4 Å². The van der Waals surface area contributed by atoms with Crippen LogP contribution in [0.4, 0.5) is 13.2 Å². The average molecular weight is 335 g/mol. The van der Waals surface area contributed by atoms with E-state index in [4.69, 9.17) is 5.73 Å². The van der Waals surface area contributed by atoms with Gasteiger partial charge in [-0.1, -0.05) is 31.4 Å². The summed E-state index contributed by atoms with van der Waals surface area (Å²) in [5, 5.41) is 0. The van der Waals surface area contributed by atoms with Crippen molar-refractivity contribution in [3.05, 3.63) is 47.8 Å². The molecule has 0 saturated heterocycles. The first kappa shape index (κ1) is 16.9. The minimum absolute atomic E-state index is 0.0769. The number of benzene rings is 1. The number of aromatic nitrogens is 2. The van der Waals surface area contributed by atoms with Crippen LogP contribution in [0.3, 0.4) is 0 Å². The third-order valence-electron chi connectivity index (χ3n) is 4.68. The van der Waals surface area contributed by atoms with Gasteiger partial charge in [0.05, 0.1) is 5.56 Å². The molecule has 0 amide bonds. The van der Waals surface area contributed by atoms with Gasteiger partial charge in [-0.05, 0) is 30.9 Å². The molecule has 1 aliphatic carbocycles. The van der Waals surface area contributed by atoms with Gasteiger partial charge >= 0.3 is 6.18 Å². The highest BCUT2D eigenvalue weighted by Gasteiger charge is 2.30. The van der Waals surface area contributed by atoms with Gasteiger partial charge in [-0.3, -0.25) is 0 Å². The molecule has 1 atom stereocenters. The summed E-state index contributed by atoms with van der Waals surface area (Å²) in [6.45, 7) is 0. The van der Waals surface area contributed by atoms with Crippen LogP contribution in [0.15, 0.2) is 36.7 Å². The second kappa shape index (κ2) is 6.89. The first-order valence-corrected chi connectivity index (χ1v) is 8.20. The third kappa shape index (κ3) is 3.75. The maximum atomic E-state index is 12.6. The van der Waals surface area contributed by atoms with E-state index in [1.807, 2.05) is 0 Å². The van der Waals surface area contributed by atoms with Crippen LogP contribution in [-0.4, -0.2) is 9.97 Å². The van der Waals surface area contributed by atoms with Gasteiger partial charge in [-0.15, -0.1) is 0 Å². The Morgan fingerprint density at radius 3 is 2.08 bits per heavy atom. The maximum Gasteiger partial charge on any atom is 0.416 e. The lowest BCUT2D eigenvalue weighted by Crippen LogP contribution is -2.23. The lowest BCUT2D eigenvalue weighted by Gasteiger charge is -2.27. The maximum absolute atomic E-state index is 12.6. The Labute approximate surface area is 139 Å². The Kier molecular flexibility index (Phi) is 4.85. The molecule has 0 bridgehead atoms. The van der Waals surface area contributed by atoms with Gasteiger partial charge < -0.3 is 5.73 Å². The van der Waals surface area contributed by atoms with E-state index in [1.165, 1.54) is 31.4 Å². The Bertz CT molecular complexity index is 659. The van der Waals surface area contributed by atoms with Crippen molar-refractivity contribution >= 4 is 0 Å². The van der Waals surface area contributed by atoms with Crippen molar-refractivity contribution < 1.29 is 13.2 Å². The summed E-state index contributed by atoms with van der Waals surface area (Å²) in [6, 6.07) is 4.78. The predicted molar refractivity (Wildman–Crippen MR) is 86.0 cm³/mol. The quantitative estimate of drug-likeness (QED) is 0.881. The topological polar surface area (TPSA) is 51.8 Å². The van der Waals surface area contributed by atoms with E-state index in [2.05, 4.69) is 9.97 Å². The van der Waals surface area contributed by atoms with Gasteiger partial charge in [0.1, 0.15) is 0 Å². The summed E-state index contributed by atoms with van der Waals surface area (Å²) < 4.78 is 37.8. The zero-order valence-electron chi connectivity index (χ0n) is 13.3. The lowest BCUT2D eigenvalue weighted by molar-refractivity contribution is -0.137. The van der Waals surface area contributed by atoms with Crippen LogP contribution in [0, 0.1) is 5.92 Å². The van der Waals surface area contributed by atoms with Gasteiger partial charge in [0.25, 0.3) is 0 Å². The standard InChI is InChI=1S/C18H20F3N3/c19-18(20,21)15-8-6-13(7-9-15)17-23-10-14(11-24-17)16(22)12-4-2-1-3-5-12/h6-12,16H,1-5,22H2. The molecule has 3 nitrogen and oxygen atoms in total. The van der Waals surface area contributed by atoms with E-state index >= 15 is 0 Å². The van der Waals surface area contributed by atoms with Crippen molar-refractivity contribution in [1.82, 2.24) is 9.97 Å². The summed E-state index contributed by atoms with van der Waals surface area (Å²) >= 11 is 0. The molecule has 3 rings (SSSR count). The van der Waals surface area contributed by atoms with Gasteiger partial charge in [-0.2, -0.15) is 13.2 Å². The molecule has 2 N–H and O–H groups in total. The van der Waals surface area contributed by atoms with Crippen LogP contribution in [0.1, 0.15) is 49.3 Å². The second-order valence-corrected chi connectivity index (χ2v) is 6.34. The zero-order chi connectivity index (χ0) is 17.2. The van der Waals surface area contributed by atoms with Gasteiger partial charge in [0.15, 0.2) is 5.82 Å². The van der Waals surface area contributed by atoms with Crippen LogP contribution in [0.25, 0.3) is 11.4 Å². The first-order valence-electron chi connectivity index (χ1n) is 8.20. The lowest BCUT2D eigenvalue weighted by atomic mass is 9.82. The highest BCUT2D eigenvalue weighted by atomic mass is 19.4. The monoisotopic (exact) mass is 335 g/mol. The van der Waals surface area contributed by atoms with E-state index < -0.39 is 11.7 Å². The molecule has 1 aromatic heterocycles. The highest BCUT2D eigenvalue weighted by Crippen LogP contribution is 2.33. The molecule has 1 fully saturated rings. The SMILES string of the molecule is NC(c1cnc(-c2ccc(C(F)(F)F)cc2)nc1)C1CCCCC1. The minimum atomic E-state index is -4.34. The molecule has 1 heterocycles. The van der Waals surface area contributed by atoms with Gasteiger partial charge in [-0.25, -0.2) is 9.97 Å². The Morgan fingerprint density at radius 1 is 0.958 bits per heavy atom. The fourth-order valence-corrected chi connectivity index (χ4v) is 3.23. The fourth-order valence-electron chi connectivity index (χ4n) is 3.23. The molecule has 24 heavy (non-hydrogen) atoms. The smallest absolute Gasteiger partial charge is 0.324 e. The van der Waals surface area contributed by atoms with Crippen LogP contribution in [0.2, 0.25) is 0 Å². The molecular weight excluding hydrogens is 315 g/mol. The zero-order valence-corrected chi connectivity index (χ0v) is 13.3. The number of hydrogen-bond acceptors (Lipinski definition) is 3. The molecule has 1 aliphatic rings. The summed E-state index contributed by atoms with van der Waals surface area (Å²) in [4.78, 5) is 8.57. The summed E-state index contributed by atoms with van der Waals surface area (Å²) in [6.07, 6.45) is 5.00. The Balaban J connectivity index is 1.74. The van der Waals surface area contributed by atoms with Crippen LogP contribution in [0.5, 0.6) is 0 Å². The molecular formula is C18H20F3N3. The number of rotatable bonds is 3. The minimum Gasteiger partial charge on any atom is -0.324 e. The summed E-state index contributed by atoms with van der Waals surface area (Å²) in [5.74, 6) is 0.864. The van der Waals surface area contributed by atoms with Crippen LogP contribution < -0.4 is 5.73 Å². The molecule has 128 valence electrons. The molecule has 2 aromatic rings. The largest absolute Gasteiger partial charge is 0.416 e.